The molecule has 2 rings (SSSR count). The van der Waals surface area contributed by atoms with Gasteiger partial charge in [0.15, 0.2) is 0 Å². The van der Waals surface area contributed by atoms with Crippen LogP contribution in [0.3, 0.4) is 0 Å². The summed E-state index contributed by atoms with van der Waals surface area (Å²) in [5, 5.41) is 20.3. The Balaban J connectivity index is 2.13. The Morgan fingerprint density at radius 1 is 1.39 bits per heavy atom. The Morgan fingerprint density at radius 3 is 2.67 bits per heavy atom. The minimum Gasteiger partial charge on any atom is -0.507 e. The van der Waals surface area contributed by atoms with E-state index in [4.69, 9.17) is 0 Å². The van der Waals surface area contributed by atoms with Gasteiger partial charge in [0.25, 0.3) is 5.91 Å². The molecule has 1 aliphatic rings. The Labute approximate surface area is 114 Å². The highest BCUT2D eigenvalue weighted by Gasteiger charge is 2.29. The van der Waals surface area contributed by atoms with Crippen molar-refractivity contribution >= 4 is 21.8 Å². The second-order valence-electron chi connectivity index (χ2n) is 4.55. The van der Waals surface area contributed by atoms with E-state index in [-0.39, 0.29) is 23.0 Å². The van der Waals surface area contributed by atoms with Gasteiger partial charge in [0.1, 0.15) is 17.1 Å². The Bertz CT molecular complexity index is 430. The molecule has 0 saturated carbocycles. The van der Waals surface area contributed by atoms with Crippen molar-refractivity contribution in [1.82, 2.24) is 4.90 Å². The molecule has 1 atom stereocenters. The molecule has 1 aliphatic heterocycles. The quantitative estimate of drug-likeness (QED) is 0.842. The molecule has 1 aromatic carbocycles. The molecule has 0 bridgehead atoms. The van der Waals surface area contributed by atoms with Gasteiger partial charge in [0.05, 0.1) is 0 Å². The monoisotopic (exact) mass is 313 g/mol. The van der Waals surface area contributed by atoms with Crippen LogP contribution < -0.4 is 0 Å². The number of phenolic OH excluding ortho intramolecular Hbond substituents is 2. The number of alkyl halides is 1. The molecule has 0 aromatic heterocycles. The number of phenols is 2. The Hall–Kier alpha value is -1.23. The fourth-order valence-electron chi connectivity index (χ4n) is 2.31. The molecule has 0 radical (unpaired) electrons. The minimum atomic E-state index is -0.289. The summed E-state index contributed by atoms with van der Waals surface area (Å²) in [5.74, 6) is -0.114. The molecule has 1 fully saturated rings. The third-order valence-electron chi connectivity index (χ3n) is 3.32. The van der Waals surface area contributed by atoms with E-state index in [0.29, 0.717) is 19.0 Å². The van der Waals surface area contributed by atoms with E-state index in [1.54, 1.807) is 4.90 Å². The van der Waals surface area contributed by atoms with E-state index in [1.165, 1.54) is 18.2 Å². The Kier molecular flexibility index (Phi) is 4.11. The second kappa shape index (κ2) is 5.61. The number of carbonyl (C=O) groups is 1. The van der Waals surface area contributed by atoms with Gasteiger partial charge in [-0.3, -0.25) is 4.79 Å². The van der Waals surface area contributed by atoms with Crippen molar-refractivity contribution < 1.29 is 15.0 Å². The number of rotatable bonds is 3. The molecule has 1 aromatic rings. The van der Waals surface area contributed by atoms with Gasteiger partial charge in [0, 0.05) is 18.4 Å². The standard InChI is InChI=1S/C13H16BrNO3/c14-6-4-9-5-7-15(8-9)13(18)12-10(16)2-1-3-11(12)17/h1-3,9,16-17H,4-8H2. The van der Waals surface area contributed by atoms with E-state index in [1.807, 2.05) is 0 Å². The summed E-state index contributed by atoms with van der Waals surface area (Å²) in [6.45, 7) is 1.38. The zero-order valence-electron chi connectivity index (χ0n) is 9.97. The molecule has 0 spiro atoms. The number of likely N-dealkylation sites (tertiary alicyclic amines) is 1. The van der Waals surface area contributed by atoms with Crippen molar-refractivity contribution in [2.24, 2.45) is 5.92 Å². The maximum absolute atomic E-state index is 12.2. The van der Waals surface area contributed by atoms with Gasteiger partial charge in [-0.2, -0.15) is 0 Å². The van der Waals surface area contributed by atoms with E-state index < -0.39 is 0 Å². The van der Waals surface area contributed by atoms with Crippen LogP contribution in [0.25, 0.3) is 0 Å². The number of carbonyl (C=O) groups excluding carboxylic acids is 1. The maximum atomic E-state index is 12.2. The fourth-order valence-corrected chi connectivity index (χ4v) is 2.96. The van der Waals surface area contributed by atoms with Crippen LogP contribution in [0.15, 0.2) is 18.2 Å². The van der Waals surface area contributed by atoms with Gasteiger partial charge in [0.2, 0.25) is 0 Å². The molecule has 5 heteroatoms. The van der Waals surface area contributed by atoms with E-state index in [0.717, 1.165) is 18.2 Å². The van der Waals surface area contributed by atoms with Gasteiger partial charge in [-0.1, -0.05) is 22.0 Å². The fraction of sp³-hybridized carbons (Fsp3) is 0.462. The third-order valence-corrected chi connectivity index (χ3v) is 3.78. The summed E-state index contributed by atoms with van der Waals surface area (Å²) in [5.41, 5.74) is 0.0111. The number of hydrogen-bond donors (Lipinski definition) is 2. The van der Waals surface area contributed by atoms with Crippen LogP contribution >= 0.6 is 15.9 Å². The molecular weight excluding hydrogens is 298 g/mol. The lowest BCUT2D eigenvalue weighted by Gasteiger charge is -2.17. The van der Waals surface area contributed by atoms with Crippen molar-refractivity contribution in [3.63, 3.8) is 0 Å². The first-order valence-electron chi connectivity index (χ1n) is 5.99. The molecular formula is C13H16BrNO3. The molecule has 4 nitrogen and oxygen atoms in total. The third kappa shape index (κ3) is 2.61. The molecule has 1 unspecified atom stereocenters. The number of amides is 1. The molecule has 0 aliphatic carbocycles. The topological polar surface area (TPSA) is 60.8 Å². The summed E-state index contributed by atoms with van der Waals surface area (Å²) in [7, 11) is 0. The van der Waals surface area contributed by atoms with E-state index >= 15 is 0 Å². The number of halogens is 1. The van der Waals surface area contributed by atoms with E-state index in [2.05, 4.69) is 15.9 Å². The predicted molar refractivity (Wildman–Crippen MR) is 72.2 cm³/mol. The second-order valence-corrected chi connectivity index (χ2v) is 5.35. The number of hydrogen-bond acceptors (Lipinski definition) is 3. The van der Waals surface area contributed by atoms with Crippen molar-refractivity contribution in [3.05, 3.63) is 23.8 Å². The number of benzene rings is 1. The van der Waals surface area contributed by atoms with Crippen molar-refractivity contribution in [1.29, 1.82) is 0 Å². The first-order chi connectivity index (χ1) is 8.63. The van der Waals surface area contributed by atoms with Crippen LogP contribution in [0.5, 0.6) is 11.5 Å². The van der Waals surface area contributed by atoms with Crippen LogP contribution in [0.4, 0.5) is 0 Å². The van der Waals surface area contributed by atoms with Gasteiger partial charge in [-0.25, -0.2) is 0 Å². The minimum absolute atomic E-state index is 0.0111. The number of aromatic hydroxyl groups is 2. The first kappa shape index (κ1) is 13.2. The average Bonchev–Trinajstić information content (AvgIpc) is 2.78. The van der Waals surface area contributed by atoms with Crippen LogP contribution in [-0.4, -0.2) is 39.4 Å². The normalized spacial score (nSPS) is 19.2. The first-order valence-corrected chi connectivity index (χ1v) is 7.11. The van der Waals surface area contributed by atoms with Crippen molar-refractivity contribution in [3.8, 4) is 11.5 Å². The molecule has 2 N–H and O–H groups in total. The molecule has 1 heterocycles. The van der Waals surface area contributed by atoms with E-state index in [9.17, 15) is 15.0 Å². The summed E-state index contributed by atoms with van der Waals surface area (Å²) in [4.78, 5) is 13.9. The smallest absolute Gasteiger partial charge is 0.261 e. The largest absolute Gasteiger partial charge is 0.507 e. The summed E-state index contributed by atoms with van der Waals surface area (Å²) >= 11 is 3.40. The van der Waals surface area contributed by atoms with Crippen molar-refractivity contribution in [2.75, 3.05) is 18.4 Å². The zero-order chi connectivity index (χ0) is 13.1. The lowest BCUT2D eigenvalue weighted by molar-refractivity contribution is 0.0781. The highest BCUT2D eigenvalue weighted by molar-refractivity contribution is 9.09. The van der Waals surface area contributed by atoms with Crippen LogP contribution in [0, 0.1) is 5.92 Å². The van der Waals surface area contributed by atoms with Gasteiger partial charge < -0.3 is 15.1 Å². The molecule has 1 saturated heterocycles. The lowest BCUT2D eigenvalue weighted by atomic mass is 10.1. The highest BCUT2D eigenvalue weighted by Crippen LogP contribution is 2.30. The average molecular weight is 314 g/mol. The van der Waals surface area contributed by atoms with Crippen LogP contribution in [-0.2, 0) is 0 Å². The number of nitrogens with zero attached hydrogens (tertiary/aromatic N) is 1. The van der Waals surface area contributed by atoms with Crippen LogP contribution in [0.2, 0.25) is 0 Å². The zero-order valence-corrected chi connectivity index (χ0v) is 11.6. The molecule has 98 valence electrons. The summed E-state index contributed by atoms with van der Waals surface area (Å²) in [6, 6.07) is 4.34. The lowest BCUT2D eigenvalue weighted by Crippen LogP contribution is -2.28. The predicted octanol–water partition coefficient (Wildman–Crippen LogP) is 2.34. The van der Waals surface area contributed by atoms with Gasteiger partial charge in [-0.05, 0) is 30.9 Å². The van der Waals surface area contributed by atoms with Crippen LogP contribution in [0.1, 0.15) is 23.2 Å². The maximum Gasteiger partial charge on any atom is 0.261 e. The summed E-state index contributed by atoms with van der Waals surface area (Å²) < 4.78 is 0. The highest BCUT2D eigenvalue weighted by atomic mass is 79.9. The molecule has 1 amide bonds. The van der Waals surface area contributed by atoms with Gasteiger partial charge in [-0.15, -0.1) is 0 Å². The van der Waals surface area contributed by atoms with Gasteiger partial charge >= 0.3 is 0 Å². The van der Waals surface area contributed by atoms with Crippen molar-refractivity contribution in [2.45, 2.75) is 12.8 Å². The molecule has 18 heavy (non-hydrogen) atoms. The SMILES string of the molecule is O=C(c1c(O)cccc1O)N1CCC(CCBr)C1. The summed E-state index contributed by atoms with van der Waals surface area (Å²) in [6.07, 6.45) is 2.02. The Morgan fingerprint density at radius 2 is 2.06 bits per heavy atom.